The van der Waals surface area contributed by atoms with Crippen LogP contribution in [0.4, 0.5) is 0 Å². The third-order valence-electron chi connectivity index (χ3n) is 4.50. The van der Waals surface area contributed by atoms with Gasteiger partial charge in [0, 0.05) is 25.2 Å². The summed E-state index contributed by atoms with van der Waals surface area (Å²) in [4.78, 5) is 0. The first-order valence-corrected chi connectivity index (χ1v) is 7.87. The third kappa shape index (κ3) is 3.58. The summed E-state index contributed by atoms with van der Waals surface area (Å²) in [7, 11) is 0. The monoisotopic (exact) mass is 258 g/mol. The first kappa shape index (κ1) is 13.1. The minimum atomic E-state index is 0.578. The molecule has 2 atom stereocenters. The van der Waals surface area contributed by atoms with Crippen molar-refractivity contribution < 1.29 is 0 Å². The number of fused-ring (bicyclic) bond motifs is 1. The molecule has 0 bridgehead atoms. The molecule has 1 fully saturated rings. The Morgan fingerprint density at radius 2 is 2.05 bits per heavy atom. The Morgan fingerprint density at radius 1 is 1.21 bits per heavy atom. The molecule has 1 aromatic rings. The predicted molar refractivity (Wildman–Crippen MR) is 80.6 cm³/mol. The summed E-state index contributed by atoms with van der Waals surface area (Å²) in [6, 6.07) is 10.4. The lowest BCUT2D eigenvalue weighted by Crippen LogP contribution is -2.39. The average Bonchev–Trinajstić information content (AvgIpc) is 3.27. The lowest BCUT2D eigenvalue weighted by Gasteiger charge is -2.27. The molecule has 19 heavy (non-hydrogen) atoms. The largest absolute Gasteiger partial charge is 0.312 e. The predicted octanol–water partition coefficient (Wildman–Crippen LogP) is 2.84. The Hall–Kier alpha value is -0.860. The normalized spacial score (nSPS) is 23.9. The average molecular weight is 258 g/mol. The topological polar surface area (TPSA) is 24.1 Å². The van der Waals surface area contributed by atoms with Gasteiger partial charge in [0.05, 0.1) is 0 Å². The fourth-order valence-electron chi connectivity index (χ4n) is 3.11. The van der Waals surface area contributed by atoms with E-state index >= 15 is 0 Å². The van der Waals surface area contributed by atoms with Gasteiger partial charge in [0.15, 0.2) is 0 Å². The molecular weight excluding hydrogens is 232 g/mol. The first-order chi connectivity index (χ1) is 9.33. The Kier molecular flexibility index (Phi) is 4.19. The van der Waals surface area contributed by atoms with Crippen LogP contribution in [-0.4, -0.2) is 25.2 Å². The van der Waals surface area contributed by atoms with E-state index in [1.54, 1.807) is 11.1 Å². The molecule has 104 valence electrons. The zero-order chi connectivity index (χ0) is 13.1. The molecule has 0 radical (unpaired) electrons. The molecule has 0 aliphatic heterocycles. The Labute approximate surface area is 117 Å². The van der Waals surface area contributed by atoms with Crippen molar-refractivity contribution in [1.82, 2.24) is 10.6 Å². The van der Waals surface area contributed by atoms with Crippen molar-refractivity contribution in [1.29, 1.82) is 0 Å². The van der Waals surface area contributed by atoms with Gasteiger partial charge in [-0.1, -0.05) is 24.3 Å². The van der Waals surface area contributed by atoms with Gasteiger partial charge >= 0.3 is 0 Å². The summed E-state index contributed by atoms with van der Waals surface area (Å²) in [5, 5.41) is 7.31. The van der Waals surface area contributed by atoms with Gasteiger partial charge in [-0.15, -0.1) is 0 Å². The van der Waals surface area contributed by atoms with Crippen LogP contribution >= 0.6 is 0 Å². The van der Waals surface area contributed by atoms with E-state index < -0.39 is 0 Å². The second kappa shape index (κ2) is 6.06. The fraction of sp³-hybridized carbons (Fsp3) is 0.647. The van der Waals surface area contributed by atoms with Crippen LogP contribution in [0.2, 0.25) is 0 Å². The van der Waals surface area contributed by atoms with E-state index in [0.29, 0.717) is 12.0 Å². The highest BCUT2D eigenvalue weighted by Gasteiger charge is 2.22. The zero-order valence-corrected chi connectivity index (χ0v) is 12.0. The molecule has 2 N–H and O–H groups in total. The molecule has 0 amide bonds. The number of rotatable bonds is 6. The van der Waals surface area contributed by atoms with Crippen molar-refractivity contribution in [3.63, 3.8) is 0 Å². The van der Waals surface area contributed by atoms with Crippen molar-refractivity contribution >= 4 is 0 Å². The van der Waals surface area contributed by atoms with Crippen LogP contribution in [0.25, 0.3) is 0 Å². The minimum absolute atomic E-state index is 0.578. The highest BCUT2D eigenvalue weighted by Crippen LogP contribution is 2.30. The van der Waals surface area contributed by atoms with Crippen LogP contribution in [0.15, 0.2) is 24.3 Å². The Bertz CT molecular complexity index is 411. The maximum Gasteiger partial charge on any atom is 0.0164 e. The van der Waals surface area contributed by atoms with E-state index in [9.17, 15) is 0 Å². The Balaban J connectivity index is 1.49. The van der Waals surface area contributed by atoms with Crippen LogP contribution in [0, 0.1) is 0 Å². The van der Waals surface area contributed by atoms with Crippen molar-refractivity contribution in [2.75, 3.05) is 13.1 Å². The second-order valence-corrected chi connectivity index (χ2v) is 6.28. The van der Waals surface area contributed by atoms with E-state index in [2.05, 4.69) is 41.8 Å². The zero-order valence-electron chi connectivity index (χ0n) is 12.0. The van der Waals surface area contributed by atoms with E-state index in [0.717, 1.165) is 19.1 Å². The van der Waals surface area contributed by atoms with Crippen LogP contribution < -0.4 is 10.6 Å². The Morgan fingerprint density at radius 3 is 2.89 bits per heavy atom. The molecule has 0 spiro atoms. The van der Waals surface area contributed by atoms with Crippen LogP contribution in [0.3, 0.4) is 0 Å². The number of hydrogen-bond donors (Lipinski definition) is 2. The van der Waals surface area contributed by atoms with Crippen LogP contribution in [0.5, 0.6) is 0 Å². The van der Waals surface area contributed by atoms with Gasteiger partial charge in [-0.25, -0.2) is 0 Å². The molecule has 2 aliphatic rings. The minimum Gasteiger partial charge on any atom is -0.312 e. The smallest absolute Gasteiger partial charge is 0.0164 e. The maximum absolute atomic E-state index is 3.71. The maximum atomic E-state index is 3.71. The van der Waals surface area contributed by atoms with Crippen molar-refractivity contribution in [2.24, 2.45) is 0 Å². The lowest BCUT2D eigenvalue weighted by atomic mass is 9.83. The van der Waals surface area contributed by atoms with Crippen molar-refractivity contribution in [3.05, 3.63) is 35.4 Å². The van der Waals surface area contributed by atoms with Crippen LogP contribution in [-0.2, 0) is 6.42 Å². The van der Waals surface area contributed by atoms with Crippen molar-refractivity contribution in [2.45, 2.75) is 57.0 Å². The fourth-order valence-corrected chi connectivity index (χ4v) is 3.11. The SMILES string of the molecule is CC(CNC1CC1)NCC1CCCc2ccccc21. The standard InChI is InChI=1S/C17H26N2/c1-13(11-19-16-9-10-16)18-12-15-7-4-6-14-5-2-3-8-17(14)15/h2-3,5,8,13,15-16,18-19H,4,6-7,9-12H2,1H3. The molecular formula is C17H26N2. The molecule has 0 heterocycles. The van der Waals surface area contributed by atoms with Gasteiger partial charge in [-0.2, -0.15) is 0 Å². The molecule has 0 saturated heterocycles. The number of hydrogen-bond acceptors (Lipinski definition) is 2. The lowest BCUT2D eigenvalue weighted by molar-refractivity contribution is 0.447. The van der Waals surface area contributed by atoms with E-state index in [4.69, 9.17) is 0 Å². The highest BCUT2D eigenvalue weighted by molar-refractivity contribution is 5.32. The molecule has 2 unspecified atom stereocenters. The third-order valence-corrected chi connectivity index (χ3v) is 4.50. The van der Waals surface area contributed by atoms with E-state index in [1.807, 2.05) is 0 Å². The second-order valence-electron chi connectivity index (χ2n) is 6.28. The van der Waals surface area contributed by atoms with E-state index in [-0.39, 0.29) is 0 Å². The summed E-state index contributed by atoms with van der Waals surface area (Å²) in [5.41, 5.74) is 3.16. The number of benzene rings is 1. The van der Waals surface area contributed by atoms with Gasteiger partial charge in [0.25, 0.3) is 0 Å². The van der Waals surface area contributed by atoms with Crippen LogP contribution in [0.1, 0.15) is 49.7 Å². The van der Waals surface area contributed by atoms with Gasteiger partial charge in [0.1, 0.15) is 0 Å². The van der Waals surface area contributed by atoms with Gasteiger partial charge < -0.3 is 10.6 Å². The summed E-state index contributed by atoms with van der Waals surface area (Å²) >= 11 is 0. The molecule has 1 saturated carbocycles. The van der Waals surface area contributed by atoms with Gasteiger partial charge in [-0.3, -0.25) is 0 Å². The highest BCUT2D eigenvalue weighted by atomic mass is 15.0. The number of aryl methyl sites for hydroxylation is 1. The molecule has 3 rings (SSSR count). The van der Waals surface area contributed by atoms with E-state index in [1.165, 1.54) is 32.1 Å². The molecule has 2 nitrogen and oxygen atoms in total. The molecule has 1 aromatic carbocycles. The van der Waals surface area contributed by atoms with Gasteiger partial charge in [-0.05, 0) is 56.1 Å². The number of nitrogens with one attached hydrogen (secondary N) is 2. The quantitative estimate of drug-likeness (QED) is 0.820. The molecule has 2 heteroatoms. The first-order valence-electron chi connectivity index (χ1n) is 7.87. The molecule has 0 aromatic heterocycles. The summed E-state index contributed by atoms with van der Waals surface area (Å²) < 4.78 is 0. The summed E-state index contributed by atoms with van der Waals surface area (Å²) in [5.74, 6) is 0.716. The van der Waals surface area contributed by atoms with Crippen molar-refractivity contribution in [3.8, 4) is 0 Å². The summed E-state index contributed by atoms with van der Waals surface area (Å²) in [6.07, 6.45) is 6.71. The summed E-state index contributed by atoms with van der Waals surface area (Å²) in [6.45, 7) is 4.54. The van der Waals surface area contributed by atoms with Gasteiger partial charge in [0.2, 0.25) is 0 Å². The molecule has 2 aliphatic carbocycles.